The zero-order chi connectivity index (χ0) is 19.8. The first-order chi connectivity index (χ1) is 12.7. The predicted octanol–water partition coefficient (Wildman–Crippen LogP) is 2.95. The highest BCUT2D eigenvalue weighted by atomic mass is 32.2. The third kappa shape index (κ3) is 3.76. The predicted molar refractivity (Wildman–Crippen MR) is 106 cm³/mol. The second kappa shape index (κ2) is 7.43. The number of ketones is 1. The van der Waals surface area contributed by atoms with E-state index in [2.05, 4.69) is 6.07 Å². The molecule has 0 radical (unpaired) electrons. The summed E-state index contributed by atoms with van der Waals surface area (Å²) in [7, 11) is -3.52. The van der Waals surface area contributed by atoms with Gasteiger partial charge in [0.1, 0.15) is 0 Å². The second-order valence-electron chi connectivity index (χ2n) is 6.57. The number of thiophene rings is 1. The van der Waals surface area contributed by atoms with Crippen LogP contribution in [-0.4, -0.2) is 44.7 Å². The summed E-state index contributed by atoms with van der Waals surface area (Å²) < 4.78 is 27.4. The average Bonchev–Trinajstić information content (AvgIpc) is 3.00. The zero-order valence-electron chi connectivity index (χ0n) is 15.5. The summed E-state index contributed by atoms with van der Waals surface area (Å²) >= 11 is 1.48. The molecule has 0 bridgehead atoms. The molecule has 1 aromatic carbocycles. The van der Waals surface area contributed by atoms with Crippen LogP contribution in [0.1, 0.15) is 32.6 Å². The first-order valence-corrected chi connectivity index (χ1v) is 10.9. The van der Waals surface area contributed by atoms with E-state index in [1.807, 2.05) is 18.7 Å². The van der Waals surface area contributed by atoms with Crippen LogP contribution in [-0.2, 0) is 10.0 Å². The van der Waals surface area contributed by atoms with Crippen molar-refractivity contribution in [2.24, 2.45) is 0 Å². The molecule has 2 heterocycles. The van der Waals surface area contributed by atoms with E-state index in [1.165, 1.54) is 22.6 Å². The molecule has 3 rings (SSSR count). The molecule has 1 aliphatic heterocycles. The normalized spacial score (nSPS) is 15.6. The summed E-state index contributed by atoms with van der Waals surface area (Å²) in [6, 6.07) is 8.81. The van der Waals surface area contributed by atoms with Crippen molar-refractivity contribution < 1.29 is 13.2 Å². The number of anilines is 1. The second-order valence-corrected chi connectivity index (χ2v) is 9.94. The number of nitrogens with zero attached hydrogens (tertiary/aromatic N) is 3. The lowest BCUT2D eigenvalue weighted by atomic mass is 10.0. The molecule has 0 unspecified atom stereocenters. The van der Waals surface area contributed by atoms with Crippen molar-refractivity contribution in [2.45, 2.75) is 25.7 Å². The Labute approximate surface area is 163 Å². The van der Waals surface area contributed by atoms with E-state index in [9.17, 15) is 13.2 Å². The molecule has 6 nitrogen and oxygen atoms in total. The van der Waals surface area contributed by atoms with Gasteiger partial charge in [0.2, 0.25) is 10.0 Å². The van der Waals surface area contributed by atoms with Crippen molar-refractivity contribution in [1.29, 1.82) is 5.26 Å². The van der Waals surface area contributed by atoms with Crippen molar-refractivity contribution in [2.75, 3.05) is 31.1 Å². The fourth-order valence-electron chi connectivity index (χ4n) is 3.33. The Bertz CT molecular complexity index is 1030. The number of hydrogen-bond acceptors (Lipinski definition) is 6. The van der Waals surface area contributed by atoms with Crippen molar-refractivity contribution >= 4 is 32.8 Å². The van der Waals surface area contributed by atoms with Gasteiger partial charge in [0.05, 0.1) is 16.5 Å². The van der Waals surface area contributed by atoms with Crippen LogP contribution in [0, 0.1) is 25.2 Å². The molecule has 0 spiro atoms. The Morgan fingerprint density at radius 3 is 2.33 bits per heavy atom. The number of benzene rings is 1. The molecule has 0 amide bonds. The molecular formula is C19H21N3O3S2. The van der Waals surface area contributed by atoms with Crippen LogP contribution in [0.25, 0.3) is 0 Å². The average molecular weight is 404 g/mol. The van der Waals surface area contributed by atoms with Crippen LogP contribution >= 0.6 is 11.3 Å². The maximum Gasteiger partial charge on any atom is 0.244 e. The standard InChI is InChI=1S/C19H21N3O3S2/c1-13-10-19(15(3)26-13)27(24,25)22-8-6-21(7-9-22)18-11-16(12-20)4-5-17(18)14(2)23/h4-5,10-11H,6-9H2,1-3H3. The number of sulfonamides is 1. The summed E-state index contributed by atoms with van der Waals surface area (Å²) in [6.07, 6.45) is 0. The molecule has 0 aliphatic carbocycles. The lowest BCUT2D eigenvalue weighted by Gasteiger charge is -2.36. The Balaban J connectivity index is 1.83. The monoisotopic (exact) mass is 403 g/mol. The Kier molecular flexibility index (Phi) is 5.38. The summed E-state index contributed by atoms with van der Waals surface area (Å²) in [6.45, 7) is 6.84. The number of carbonyl (C=O) groups excluding carboxylic acids is 1. The van der Waals surface area contributed by atoms with E-state index < -0.39 is 10.0 Å². The van der Waals surface area contributed by atoms with Crippen molar-refractivity contribution in [1.82, 2.24) is 4.31 Å². The Hall–Kier alpha value is -2.21. The summed E-state index contributed by atoms with van der Waals surface area (Å²) in [5.74, 6) is -0.0751. The SMILES string of the molecule is CC(=O)c1ccc(C#N)cc1N1CCN(S(=O)(=O)c2cc(C)sc2C)CC1. The molecular weight excluding hydrogens is 382 g/mol. The van der Waals surface area contributed by atoms with Gasteiger partial charge in [-0.2, -0.15) is 9.57 Å². The largest absolute Gasteiger partial charge is 0.368 e. The fraction of sp³-hybridized carbons (Fsp3) is 0.368. The fourth-order valence-corrected chi connectivity index (χ4v) is 6.28. The van der Waals surface area contributed by atoms with Gasteiger partial charge >= 0.3 is 0 Å². The van der Waals surface area contributed by atoms with E-state index in [0.717, 1.165) is 9.75 Å². The molecule has 27 heavy (non-hydrogen) atoms. The van der Waals surface area contributed by atoms with E-state index in [-0.39, 0.29) is 5.78 Å². The van der Waals surface area contributed by atoms with Crippen LogP contribution < -0.4 is 4.90 Å². The minimum Gasteiger partial charge on any atom is -0.368 e. The van der Waals surface area contributed by atoms with Gasteiger partial charge in [0, 0.05) is 47.2 Å². The molecule has 0 N–H and O–H groups in total. The first-order valence-electron chi connectivity index (χ1n) is 8.61. The quantitative estimate of drug-likeness (QED) is 0.733. The van der Waals surface area contributed by atoms with Crippen LogP contribution in [0.3, 0.4) is 0 Å². The van der Waals surface area contributed by atoms with Gasteiger partial charge in [-0.25, -0.2) is 8.42 Å². The summed E-state index contributed by atoms with van der Waals surface area (Å²) in [5.41, 5.74) is 1.73. The highest BCUT2D eigenvalue weighted by molar-refractivity contribution is 7.89. The molecule has 142 valence electrons. The maximum atomic E-state index is 13.0. The van der Waals surface area contributed by atoms with Crippen LogP contribution in [0.5, 0.6) is 0 Å². The number of rotatable bonds is 4. The lowest BCUT2D eigenvalue weighted by Crippen LogP contribution is -2.49. The minimum absolute atomic E-state index is 0.0751. The minimum atomic E-state index is -3.52. The number of hydrogen-bond donors (Lipinski definition) is 0. The molecule has 0 saturated carbocycles. The molecule has 1 saturated heterocycles. The molecule has 1 fully saturated rings. The molecule has 1 aromatic heterocycles. The number of aryl methyl sites for hydroxylation is 2. The van der Waals surface area contributed by atoms with E-state index in [4.69, 9.17) is 5.26 Å². The lowest BCUT2D eigenvalue weighted by molar-refractivity contribution is 0.101. The highest BCUT2D eigenvalue weighted by Gasteiger charge is 2.31. The van der Waals surface area contributed by atoms with Crippen LogP contribution in [0.4, 0.5) is 5.69 Å². The number of Topliss-reactive ketones (excluding diaryl/α,β-unsaturated/α-hetero) is 1. The third-order valence-corrected chi connectivity index (χ3v) is 7.82. The number of nitriles is 1. The molecule has 0 atom stereocenters. The van der Waals surface area contributed by atoms with Gasteiger partial charge in [0.25, 0.3) is 0 Å². The third-order valence-electron chi connectivity index (χ3n) is 4.70. The summed E-state index contributed by atoms with van der Waals surface area (Å²) in [4.78, 5) is 16.1. The Morgan fingerprint density at radius 2 is 1.81 bits per heavy atom. The number of carbonyl (C=O) groups is 1. The molecule has 1 aliphatic rings. The van der Waals surface area contributed by atoms with E-state index in [1.54, 1.807) is 24.3 Å². The van der Waals surface area contributed by atoms with Gasteiger partial charge < -0.3 is 4.90 Å². The van der Waals surface area contributed by atoms with Gasteiger partial charge in [0.15, 0.2) is 5.78 Å². The van der Waals surface area contributed by atoms with E-state index in [0.29, 0.717) is 47.9 Å². The smallest absolute Gasteiger partial charge is 0.244 e. The van der Waals surface area contributed by atoms with Crippen molar-refractivity contribution in [3.05, 3.63) is 45.1 Å². The van der Waals surface area contributed by atoms with Crippen LogP contribution in [0.2, 0.25) is 0 Å². The topological polar surface area (TPSA) is 81.5 Å². The van der Waals surface area contributed by atoms with Gasteiger partial charge in [-0.15, -0.1) is 11.3 Å². The molecule has 8 heteroatoms. The summed E-state index contributed by atoms with van der Waals surface area (Å²) in [5, 5.41) is 9.15. The van der Waals surface area contributed by atoms with Crippen molar-refractivity contribution in [3.63, 3.8) is 0 Å². The van der Waals surface area contributed by atoms with Gasteiger partial charge in [-0.05, 0) is 45.0 Å². The van der Waals surface area contributed by atoms with Crippen LogP contribution in [0.15, 0.2) is 29.2 Å². The Morgan fingerprint density at radius 1 is 1.15 bits per heavy atom. The van der Waals surface area contributed by atoms with Gasteiger partial charge in [-0.1, -0.05) is 0 Å². The van der Waals surface area contributed by atoms with E-state index >= 15 is 0 Å². The maximum absolute atomic E-state index is 13.0. The highest BCUT2D eigenvalue weighted by Crippen LogP contribution is 2.30. The van der Waals surface area contributed by atoms with Crippen molar-refractivity contribution in [3.8, 4) is 6.07 Å². The molecule has 2 aromatic rings. The zero-order valence-corrected chi connectivity index (χ0v) is 17.2. The number of piperazine rings is 1. The first kappa shape index (κ1) is 19.5. The van der Waals surface area contributed by atoms with Gasteiger partial charge in [-0.3, -0.25) is 4.79 Å².